The molecule has 0 radical (unpaired) electrons. The van der Waals surface area contributed by atoms with Gasteiger partial charge in [-0.3, -0.25) is 0 Å². The molecule has 0 unspecified atom stereocenters. The topological polar surface area (TPSA) is 70.7 Å². The van der Waals surface area contributed by atoms with Gasteiger partial charge in [0.2, 0.25) is 0 Å². The van der Waals surface area contributed by atoms with Crippen molar-refractivity contribution >= 4 is 0 Å². The van der Waals surface area contributed by atoms with Crippen LogP contribution in [0, 0.1) is 0 Å². The molecular weight excluding hydrogens is 184 g/mol. The van der Waals surface area contributed by atoms with Gasteiger partial charge in [-0.1, -0.05) is 19.4 Å². The van der Waals surface area contributed by atoms with Crippen LogP contribution in [0.4, 0.5) is 0 Å². The molecule has 0 aliphatic heterocycles. The van der Waals surface area contributed by atoms with Crippen LogP contribution < -0.4 is 5.63 Å². The lowest BCUT2D eigenvalue weighted by molar-refractivity contribution is -0.00104. The summed E-state index contributed by atoms with van der Waals surface area (Å²) in [5.41, 5.74) is -0.523. The lowest BCUT2D eigenvalue weighted by atomic mass is 10.1. The second-order valence-electron chi connectivity index (χ2n) is 3.15. The van der Waals surface area contributed by atoms with E-state index in [0.29, 0.717) is 6.42 Å². The first-order chi connectivity index (χ1) is 6.65. The molecule has 0 amide bonds. The van der Waals surface area contributed by atoms with Gasteiger partial charge in [-0.2, -0.15) is 0 Å². The van der Waals surface area contributed by atoms with Crippen molar-refractivity contribution in [2.75, 3.05) is 0 Å². The highest BCUT2D eigenvalue weighted by Crippen LogP contribution is 2.17. The summed E-state index contributed by atoms with van der Waals surface area (Å²) in [6, 6.07) is 4.22. The highest BCUT2D eigenvalue weighted by Gasteiger charge is 2.19. The number of aliphatic hydroxyl groups excluding tert-OH is 2. The molecule has 0 bridgehead atoms. The molecule has 0 saturated heterocycles. The van der Waals surface area contributed by atoms with Crippen molar-refractivity contribution in [2.24, 2.45) is 0 Å². The zero-order valence-corrected chi connectivity index (χ0v) is 8.01. The lowest BCUT2D eigenvalue weighted by Gasteiger charge is -2.15. The van der Waals surface area contributed by atoms with Gasteiger partial charge in [-0.25, -0.2) is 4.79 Å². The van der Waals surface area contributed by atoms with Crippen molar-refractivity contribution in [2.45, 2.75) is 32.0 Å². The van der Waals surface area contributed by atoms with Crippen molar-refractivity contribution in [1.29, 1.82) is 0 Å². The Bertz CT molecular complexity index is 331. The molecule has 1 rings (SSSR count). The Kier molecular flexibility index (Phi) is 3.85. The van der Waals surface area contributed by atoms with Gasteiger partial charge in [-0.15, -0.1) is 0 Å². The molecule has 1 heterocycles. The molecule has 4 nitrogen and oxygen atoms in total. The lowest BCUT2D eigenvalue weighted by Crippen LogP contribution is -2.18. The van der Waals surface area contributed by atoms with Gasteiger partial charge < -0.3 is 14.6 Å². The van der Waals surface area contributed by atoms with E-state index >= 15 is 0 Å². The number of rotatable bonds is 4. The summed E-state index contributed by atoms with van der Waals surface area (Å²) in [6.45, 7) is 1.90. The Balaban J connectivity index is 2.78. The number of aliphatic hydroxyl groups is 2. The maximum absolute atomic E-state index is 10.8. The van der Waals surface area contributed by atoms with Crippen LogP contribution in [0.5, 0.6) is 0 Å². The average molecular weight is 198 g/mol. The minimum absolute atomic E-state index is 0.110. The summed E-state index contributed by atoms with van der Waals surface area (Å²) in [5, 5.41) is 19.0. The van der Waals surface area contributed by atoms with Crippen LogP contribution in [-0.4, -0.2) is 16.3 Å². The van der Waals surface area contributed by atoms with Gasteiger partial charge in [0.25, 0.3) is 0 Å². The summed E-state index contributed by atoms with van der Waals surface area (Å²) in [7, 11) is 0. The smallest absolute Gasteiger partial charge is 0.335 e. The Morgan fingerprint density at radius 2 is 2.14 bits per heavy atom. The SMILES string of the molecule is CCC[C@H](O)[C@@H](O)c1cccc(=O)o1. The highest BCUT2D eigenvalue weighted by molar-refractivity contribution is 5.03. The van der Waals surface area contributed by atoms with Crippen LogP contribution in [0.3, 0.4) is 0 Å². The van der Waals surface area contributed by atoms with Gasteiger partial charge in [0.15, 0.2) is 0 Å². The fraction of sp³-hybridized carbons (Fsp3) is 0.500. The summed E-state index contributed by atoms with van der Waals surface area (Å²) < 4.78 is 4.74. The molecule has 4 heteroatoms. The van der Waals surface area contributed by atoms with Gasteiger partial charge in [-0.05, 0) is 12.5 Å². The van der Waals surface area contributed by atoms with E-state index in [-0.39, 0.29) is 5.76 Å². The molecule has 78 valence electrons. The molecule has 0 saturated carbocycles. The first-order valence-electron chi connectivity index (χ1n) is 4.61. The van der Waals surface area contributed by atoms with Crippen LogP contribution >= 0.6 is 0 Å². The third-order valence-electron chi connectivity index (χ3n) is 1.95. The monoisotopic (exact) mass is 198 g/mol. The number of hydrogen-bond acceptors (Lipinski definition) is 4. The summed E-state index contributed by atoms with van der Waals surface area (Å²) in [4.78, 5) is 10.8. The largest absolute Gasteiger partial charge is 0.425 e. The standard InChI is InChI=1S/C10H14O4/c1-2-4-7(11)10(13)8-5-3-6-9(12)14-8/h3,5-7,10-11,13H,2,4H2,1H3/t7-,10+/m0/s1. The van der Waals surface area contributed by atoms with Crippen molar-refractivity contribution < 1.29 is 14.6 Å². The average Bonchev–Trinajstić information content (AvgIpc) is 2.17. The first-order valence-corrected chi connectivity index (χ1v) is 4.61. The summed E-state index contributed by atoms with van der Waals surface area (Å²) in [5.74, 6) is 0.110. The fourth-order valence-corrected chi connectivity index (χ4v) is 1.21. The Labute approximate surface area is 81.8 Å². The van der Waals surface area contributed by atoms with E-state index in [1.54, 1.807) is 0 Å². The van der Waals surface area contributed by atoms with Crippen molar-refractivity contribution in [3.63, 3.8) is 0 Å². The Morgan fingerprint density at radius 1 is 1.43 bits per heavy atom. The van der Waals surface area contributed by atoms with E-state index in [2.05, 4.69) is 0 Å². The summed E-state index contributed by atoms with van der Waals surface area (Å²) >= 11 is 0. The second kappa shape index (κ2) is 4.93. The molecule has 2 N–H and O–H groups in total. The van der Waals surface area contributed by atoms with Gasteiger partial charge >= 0.3 is 5.63 Å². The van der Waals surface area contributed by atoms with E-state index in [0.717, 1.165) is 6.42 Å². The first kappa shape index (κ1) is 10.9. The van der Waals surface area contributed by atoms with E-state index in [1.165, 1.54) is 18.2 Å². The highest BCUT2D eigenvalue weighted by atomic mass is 16.4. The molecule has 2 atom stereocenters. The van der Waals surface area contributed by atoms with Crippen LogP contribution in [0.1, 0.15) is 31.6 Å². The van der Waals surface area contributed by atoms with Gasteiger partial charge in [0, 0.05) is 6.07 Å². The zero-order chi connectivity index (χ0) is 10.6. The molecule has 0 aliphatic carbocycles. The van der Waals surface area contributed by atoms with Crippen molar-refractivity contribution in [1.82, 2.24) is 0 Å². The van der Waals surface area contributed by atoms with Crippen molar-refractivity contribution in [3.05, 3.63) is 34.4 Å². The Hall–Kier alpha value is -1.13. The quantitative estimate of drug-likeness (QED) is 0.751. The van der Waals surface area contributed by atoms with Gasteiger partial charge in [0.1, 0.15) is 11.9 Å². The Morgan fingerprint density at radius 3 is 2.71 bits per heavy atom. The van der Waals surface area contributed by atoms with Crippen LogP contribution in [0.2, 0.25) is 0 Å². The van der Waals surface area contributed by atoms with E-state index in [4.69, 9.17) is 4.42 Å². The molecule has 0 fully saturated rings. The molecule has 0 spiro atoms. The third-order valence-corrected chi connectivity index (χ3v) is 1.95. The molecule has 14 heavy (non-hydrogen) atoms. The molecule has 1 aromatic heterocycles. The maximum atomic E-state index is 10.8. The minimum Gasteiger partial charge on any atom is -0.425 e. The molecular formula is C10H14O4. The molecule has 0 aromatic carbocycles. The van der Waals surface area contributed by atoms with Crippen LogP contribution in [0.15, 0.2) is 27.4 Å². The third kappa shape index (κ3) is 2.68. The fourth-order valence-electron chi connectivity index (χ4n) is 1.21. The maximum Gasteiger partial charge on any atom is 0.335 e. The zero-order valence-electron chi connectivity index (χ0n) is 8.01. The van der Waals surface area contributed by atoms with Gasteiger partial charge in [0.05, 0.1) is 6.10 Å². The summed E-state index contributed by atoms with van der Waals surface area (Å²) in [6.07, 6.45) is -0.774. The minimum atomic E-state index is -1.12. The van der Waals surface area contributed by atoms with Crippen LogP contribution in [-0.2, 0) is 0 Å². The normalized spacial score (nSPS) is 15.1. The van der Waals surface area contributed by atoms with E-state index in [1.807, 2.05) is 6.92 Å². The van der Waals surface area contributed by atoms with E-state index < -0.39 is 17.8 Å². The molecule has 1 aromatic rings. The van der Waals surface area contributed by atoms with E-state index in [9.17, 15) is 15.0 Å². The predicted molar refractivity (Wildman–Crippen MR) is 50.9 cm³/mol. The van der Waals surface area contributed by atoms with Crippen molar-refractivity contribution in [3.8, 4) is 0 Å². The van der Waals surface area contributed by atoms with Crippen LogP contribution in [0.25, 0.3) is 0 Å². The second-order valence-corrected chi connectivity index (χ2v) is 3.15. The number of hydrogen-bond donors (Lipinski definition) is 2. The predicted octanol–water partition coefficient (Wildman–Crippen LogP) is 0.834. The molecule has 0 aliphatic rings.